The Hall–Kier alpha value is -0.880. The van der Waals surface area contributed by atoms with Gasteiger partial charge >= 0.3 is 5.97 Å². The molecule has 6 heteroatoms. The highest BCUT2D eigenvalue weighted by molar-refractivity contribution is 9.10. The van der Waals surface area contributed by atoms with Gasteiger partial charge in [0.2, 0.25) is 0 Å². The molecule has 1 rings (SSSR count). The van der Waals surface area contributed by atoms with Gasteiger partial charge < -0.3 is 4.74 Å². The van der Waals surface area contributed by atoms with Crippen LogP contribution < -0.4 is 0 Å². The summed E-state index contributed by atoms with van der Waals surface area (Å²) in [5, 5.41) is 0. The first-order chi connectivity index (χ1) is 8.31. The van der Waals surface area contributed by atoms with Crippen molar-refractivity contribution < 1.29 is 17.9 Å². The van der Waals surface area contributed by atoms with Crippen LogP contribution in [0.2, 0.25) is 0 Å². The lowest BCUT2D eigenvalue weighted by Gasteiger charge is -2.11. The zero-order chi connectivity index (χ0) is 13.9. The minimum absolute atomic E-state index is 0.188. The molecule has 0 bridgehead atoms. The average molecular weight is 335 g/mol. The molecule has 0 aromatic heterocycles. The summed E-state index contributed by atoms with van der Waals surface area (Å²) >= 11 is 3.26. The molecule has 0 radical (unpaired) electrons. The van der Waals surface area contributed by atoms with Crippen LogP contribution in [0.1, 0.15) is 29.3 Å². The van der Waals surface area contributed by atoms with Crippen LogP contribution in [-0.4, -0.2) is 27.8 Å². The lowest BCUT2D eigenvalue weighted by molar-refractivity contribution is 0.0599. The summed E-state index contributed by atoms with van der Waals surface area (Å²) in [5.41, 5.74) is 0.928. The molecule has 0 unspecified atom stereocenters. The third-order valence-electron chi connectivity index (χ3n) is 2.47. The summed E-state index contributed by atoms with van der Waals surface area (Å²) in [6, 6.07) is 3.04. The number of hydrogen-bond donors (Lipinski definition) is 0. The maximum atomic E-state index is 11.7. The first-order valence-corrected chi connectivity index (χ1v) is 8.10. The normalized spacial score (nSPS) is 11.3. The number of rotatable bonds is 4. The van der Waals surface area contributed by atoms with Gasteiger partial charge in [0.1, 0.15) is 0 Å². The summed E-state index contributed by atoms with van der Waals surface area (Å²) in [6.45, 7) is 1.97. The molecule has 0 amide bonds. The molecule has 18 heavy (non-hydrogen) atoms. The van der Waals surface area contributed by atoms with E-state index in [1.54, 1.807) is 6.07 Å². The van der Waals surface area contributed by atoms with Gasteiger partial charge in [0.05, 0.1) is 17.6 Å². The molecule has 0 fully saturated rings. The minimum atomic E-state index is -3.37. The summed E-state index contributed by atoms with van der Waals surface area (Å²) in [4.78, 5) is 11.7. The molecule has 0 heterocycles. The van der Waals surface area contributed by atoms with Crippen molar-refractivity contribution in [1.29, 1.82) is 0 Å². The van der Waals surface area contributed by atoms with Gasteiger partial charge in [-0.15, -0.1) is 0 Å². The molecule has 0 saturated heterocycles. The summed E-state index contributed by atoms with van der Waals surface area (Å²) in [6.07, 6.45) is 2.60. The van der Waals surface area contributed by atoms with Crippen LogP contribution in [0, 0.1) is 0 Å². The van der Waals surface area contributed by atoms with Crippen molar-refractivity contribution in [3.05, 3.63) is 27.7 Å². The van der Waals surface area contributed by atoms with Gasteiger partial charge in [-0.05, 0) is 40.0 Å². The topological polar surface area (TPSA) is 60.4 Å². The van der Waals surface area contributed by atoms with E-state index in [0.717, 1.165) is 12.7 Å². The number of benzene rings is 1. The van der Waals surface area contributed by atoms with E-state index in [1.165, 1.54) is 13.2 Å². The van der Waals surface area contributed by atoms with Crippen LogP contribution in [0.25, 0.3) is 0 Å². The number of carbonyl (C=O) groups is 1. The van der Waals surface area contributed by atoms with E-state index >= 15 is 0 Å². The molecule has 1 aromatic rings. The molecular weight excluding hydrogens is 320 g/mol. The Labute approximate surface area is 115 Å². The van der Waals surface area contributed by atoms with Gasteiger partial charge in [-0.3, -0.25) is 0 Å². The van der Waals surface area contributed by atoms with Crippen LogP contribution in [0.5, 0.6) is 0 Å². The van der Waals surface area contributed by atoms with Crippen LogP contribution in [0.15, 0.2) is 21.5 Å². The zero-order valence-electron chi connectivity index (χ0n) is 10.5. The van der Waals surface area contributed by atoms with Crippen LogP contribution in [-0.2, 0) is 21.0 Å². The van der Waals surface area contributed by atoms with E-state index in [1.807, 2.05) is 6.92 Å². The number of ether oxygens (including phenoxy) is 1. The molecule has 1 aromatic carbocycles. The Morgan fingerprint density at radius 1 is 1.39 bits per heavy atom. The lowest BCUT2D eigenvalue weighted by atomic mass is 10.1. The predicted octanol–water partition coefficient (Wildman–Crippen LogP) is 2.59. The molecule has 0 atom stereocenters. The Morgan fingerprint density at radius 3 is 2.44 bits per heavy atom. The molecule has 100 valence electrons. The first kappa shape index (κ1) is 15.2. The zero-order valence-corrected chi connectivity index (χ0v) is 12.9. The van der Waals surface area contributed by atoms with Crippen molar-refractivity contribution in [2.45, 2.75) is 24.7 Å². The third-order valence-corrected chi connectivity index (χ3v) is 4.31. The van der Waals surface area contributed by atoms with E-state index in [-0.39, 0.29) is 10.5 Å². The number of aryl methyl sites for hydroxylation is 1. The van der Waals surface area contributed by atoms with E-state index in [0.29, 0.717) is 16.5 Å². The fraction of sp³-hybridized carbons (Fsp3) is 0.417. The standard InChI is InChI=1S/C12H15BrO4S/c1-4-5-8-6-10(13)9(12(14)17-2)7-11(8)18(3,15)16/h6-7H,4-5H2,1-3H3. The average Bonchev–Trinajstić information content (AvgIpc) is 2.27. The smallest absolute Gasteiger partial charge is 0.339 e. The molecule has 0 spiro atoms. The third kappa shape index (κ3) is 3.32. The monoisotopic (exact) mass is 334 g/mol. The van der Waals surface area contributed by atoms with Crippen molar-refractivity contribution in [3.8, 4) is 0 Å². The minimum Gasteiger partial charge on any atom is -0.465 e. The fourth-order valence-electron chi connectivity index (χ4n) is 1.67. The van der Waals surface area contributed by atoms with E-state index < -0.39 is 15.8 Å². The molecule has 0 N–H and O–H groups in total. The Kier molecular flexibility index (Phi) is 4.92. The molecule has 0 aliphatic rings. The van der Waals surface area contributed by atoms with Gasteiger partial charge in [-0.25, -0.2) is 13.2 Å². The molecular formula is C12H15BrO4S. The number of methoxy groups -OCH3 is 1. The number of esters is 1. The second-order valence-corrected chi connectivity index (χ2v) is 6.79. The molecule has 0 aliphatic heterocycles. The summed E-state index contributed by atoms with van der Waals surface area (Å²) in [5.74, 6) is -0.560. The van der Waals surface area contributed by atoms with E-state index in [9.17, 15) is 13.2 Å². The van der Waals surface area contributed by atoms with Crippen molar-refractivity contribution in [2.24, 2.45) is 0 Å². The van der Waals surface area contributed by atoms with Crippen LogP contribution in [0.4, 0.5) is 0 Å². The second kappa shape index (κ2) is 5.84. The quantitative estimate of drug-likeness (QED) is 0.794. The van der Waals surface area contributed by atoms with Gasteiger partial charge in [0, 0.05) is 10.7 Å². The van der Waals surface area contributed by atoms with Crippen LogP contribution >= 0.6 is 15.9 Å². The lowest BCUT2D eigenvalue weighted by Crippen LogP contribution is -2.08. The molecule has 4 nitrogen and oxygen atoms in total. The number of carbonyl (C=O) groups excluding carboxylic acids is 1. The van der Waals surface area contributed by atoms with Gasteiger partial charge in [0.25, 0.3) is 0 Å². The summed E-state index contributed by atoms with van der Waals surface area (Å²) < 4.78 is 28.6. The van der Waals surface area contributed by atoms with Crippen LogP contribution in [0.3, 0.4) is 0 Å². The Morgan fingerprint density at radius 2 is 2.00 bits per heavy atom. The van der Waals surface area contributed by atoms with Crippen molar-refractivity contribution >= 4 is 31.7 Å². The highest BCUT2D eigenvalue weighted by atomic mass is 79.9. The second-order valence-electron chi connectivity index (χ2n) is 3.95. The highest BCUT2D eigenvalue weighted by Crippen LogP contribution is 2.27. The maximum Gasteiger partial charge on any atom is 0.339 e. The van der Waals surface area contributed by atoms with Gasteiger partial charge in [-0.2, -0.15) is 0 Å². The van der Waals surface area contributed by atoms with Crippen molar-refractivity contribution in [3.63, 3.8) is 0 Å². The number of halogens is 1. The maximum absolute atomic E-state index is 11.7. The van der Waals surface area contributed by atoms with E-state index in [2.05, 4.69) is 20.7 Å². The molecule has 0 saturated carbocycles. The van der Waals surface area contributed by atoms with Gasteiger partial charge in [0.15, 0.2) is 9.84 Å². The number of hydrogen-bond acceptors (Lipinski definition) is 4. The fourth-order valence-corrected chi connectivity index (χ4v) is 3.19. The Bertz CT molecular complexity index is 564. The van der Waals surface area contributed by atoms with Gasteiger partial charge in [-0.1, -0.05) is 13.3 Å². The van der Waals surface area contributed by atoms with E-state index in [4.69, 9.17) is 0 Å². The van der Waals surface area contributed by atoms with Crippen molar-refractivity contribution in [1.82, 2.24) is 0 Å². The highest BCUT2D eigenvalue weighted by Gasteiger charge is 2.19. The first-order valence-electron chi connectivity index (χ1n) is 5.42. The largest absolute Gasteiger partial charge is 0.465 e. The summed E-state index contributed by atoms with van der Waals surface area (Å²) in [7, 11) is -2.11. The molecule has 0 aliphatic carbocycles. The predicted molar refractivity (Wildman–Crippen MR) is 72.6 cm³/mol. The SMILES string of the molecule is CCCc1cc(Br)c(C(=O)OC)cc1S(C)(=O)=O. The van der Waals surface area contributed by atoms with Crippen molar-refractivity contribution in [2.75, 3.05) is 13.4 Å². The number of sulfone groups is 1. The Balaban J connectivity index is 3.50.